The number of hydrogen-bond donors (Lipinski definition) is 3. The van der Waals surface area contributed by atoms with Crippen LogP contribution < -0.4 is 5.69 Å². The van der Waals surface area contributed by atoms with Crippen LogP contribution in [-0.2, 0) is 9.84 Å². The lowest BCUT2D eigenvalue weighted by Crippen LogP contribution is -2.06. The third-order valence-electron chi connectivity index (χ3n) is 2.00. The first-order chi connectivity index (χ1) is 7.51. The monoisotopic (exact) mass is 240 g/mol. The Hall–Kier alpha value is -2.02. The molecule has 0 spiro atoms. The molecule has 2 aromatic rings. The van der Waals surface area contributed by atoms with E-state index in [1.807, 2.05) is 9.97 Å². The smallest absolute Gasteiger partial charge is 0.326 e. The summed E-state index contributed by atoms with van der Waals surface area (Å²) < 4.78 is 23.8. The molecule has 0 amide bonds. The summed E-state index contributed by atoms with van der Waals surface area (Å²) in [6.45, 7) is 0. The van der Waals surface area contributed by atoms with Gasteiger partial charge in [0, 0.05) is 0 Å². The molecule has 1 heterocycles. The number of imidazole rings is 1. The van der Waals surface area contributed by atoms with Crippen molar-refractivity contribution in [3.05, 3.63) is 40.8 Å². The molecule has 0 saturated heterocycles. The maximum Gasteiger partial charge on any atom is 0.326 e. The number of benzene rings is 1. The van der Waals surface area contributed by atoms with E-state index in [-0.39, 0.29) is 4.90 Å². The molecule has 3 N–H and O–H groups in total. The van der Waals surface area contributed by atoms with Crippen LogP contribution in [0.5, 0.6) is 5.88 Å². The van der Waals surface area contributed by atoms with Gasteiger partial charge in [-0.15, -0.1) is 0 Å². The lowest BCUT2D eigenvalue weighted by atomic mass is 10.4. The first-order valence-electron chi connectivity index (χ1n) is 4.33. The fraction of sp³-hybridized carbons (Fsp3) is 0. The Bertz CT molecular complexity index is 654. The van der Waals surface area contributed by atoms with Crippen LogP contribution in [0.1, 0.15) is 0 Å². The highest BCUT2D eigenvalue weighted by molar-refractivity contribution is 7.91. The largest absolute Gasteiger partial charge is 0.492 e. The molecule has 0 fully saturated rings. The second-order valence-electron chi connectivity index (χ2n) is 3.07. The van der Waals surface area contributed by atoms with Crippen molar-refractivity contribution in [2.45, 2.75) is 9.92 Å². The minimum Gasteiger partial charge on any atom is -0.492 e. The second-order valence-corrected chi connectivity index (χ2v) is 4.96. The molecule has 0 aliphatic heterocycles. The van der Waals surface area contributed by atoms with Crippen molar-refractivity contribution in [1.29, 1.82) is 0 Å². The Labute approximate surface area is 90.5 Å². The van der Waals surface area contributed by atoms with Crippen LogP contribution in [0.15, 0.2) is 45.0 Å². The van der Waals surface area contributed by atoms with Gasteiger partial charge < -0.3 is 5.11 Å². The normalized spacial score (nSPS) is 11.5. The Balaban J connectivity index is 2.65. The molecular formula is C9H8N2O4S. The number of aromatic hydroxyl groups is 1. The van der Waals surface area contributed by atoms with Gasteiger partial charge >= 0.3 is 5.69 Å². The summed E-state index contributed by atoms with van der Waals surface area (Å²) in [5.41, 5.74) is -0.771. The van der Waals surface area contributed by atoms with E-state index >= 15 is 0 Å². The van der Waals surface area contributed by atoms with Gasteiger partial charge in [0.2, 0.25) is 20.7 Å². The standard InChI is InChI=1S/C9H8N2O4S/c12-7-8(11-9(13)10-7)16(14,15)6-4-2-1-3-5-6/h1-5,12H,(H2,10,11,13). The fourth-order valence-corrected chi connectivity index (χ4v) is 2.55. The number of hydrogen-bond acceptors (Lipinski definition) is 4. The third-order valence-corrected chi connectivity index (χ3v) is 3.72. The van der Waals surface area contributed by atoms with Crippen LogP contribution in [0, 0.1) is 0 Å². The predicted molar refractivity (Wildman–Crippen MR) is 55.0 cm³/mol. The number of H-pyrrole nitrogens is 2. The predicted octanol–water partition coefficient (Wildman–Crippen LogP) is 0.241. The zero-order valence-corrected chi connectivity index (χ0v) is 8.78. The lowest BCUT2D eigenvalue weighted by Gasteiger charge is -2.00. The van der Waals surface area contributed by atoms with Crippen molar-refractivity contribution < 1.29 is 13.5 Å². The minimum absolute atomic E-state index is 0.000509. The van der Waals surface area contributed by atoms with E-state index in [4.69, 9.17) is 0 Å². The Kier molecular flexibility index (Phi) is 2.31. The first kappa shape index (κ1) is 10.5. The van der Waals surface area contributed by atoms with E-state index in [1.165, 1.54) is 12.1 Å². The van der Waals surface area contributed by atoms with Gasteiger partial charge in [-0.1, -0.05) is 18.2 Å². The summed E-state index contributed by atoms with van der Waals surface area (Å²) in [6.07, 6.45) is 0. The van der Waals surface area contributed by atoms with Gasteiger partial charge in [0.1, 0.15) is 0 Å². The quantitative estimate of drug-likeness (QED) is 0.699. The maximum atomic E-state index is 11.9. The molecule has 16 heavy (non-hydrogen) atoms. The molecule has 1 aromatic carbocycles. The Morgan fingerprint density at radius 3 is 2.19 bits per heavy atom. The number of sulfone groups is 1. The van der Waals surface area contributed by atoms with Crippen molar-refractivity contribution >= 4 is 9.84 Å². The molecule has 2 rings (SSSR count). The van der Waals surface area contributed by atoms with Crippen molar-refractivity contribution in [3.8, 4) is 5.88 Å². The molecular weight excluding hydrogens is 232 g/mol. The van der Waals surface area contributed by atoms with Gasteiger partial charge in [0.15, 0.2) is 0 Å². The summed E-state index contributed by atoms with van der Waals surface area (Å²) in [5, 5.41) is 8.74. The number of nitrogens with one attached hydrogen (secondary N) is 2. The summed E-state index contributed by atoms with van der Waals surface area (Å²) >= 11 is 0. The van der Waals surface area contributed by atoms with Gasteiger partial charge in [-0.2, -0.15) is 0 Å². The Morgan fingerprint density at radius 2 is 1.69 bits per heavy atom. The van der Waals surface area contributed by atoms with E-state index in [2.05, 4.69) is 0 Å². The van der Waals surface area contributed by atoms with E-state index < -0.39 is 26.4 Å². The topological polar surface area (TPSA) is 103 Å². The van der Waals surface area contributed by atoms with E-state index in [9.17, 15) is 18.3 Å². The highest BCUT2D eigenvalue weighted by Crippen LogP contribution is 2.23. The number of aromatic nitrogens is 2. The summed E-state index contributed by atoms with van der Waals surface area (Å²) in [5.74, 6) is -0.686. The summed E-state index contributed by atoms with van der Waals surface area (Å²) in [4.78, 5) is 14.8. The van der Waals surface area contributed by atoms with Gasteiger partial charge in [0.05, 0.1) is 4.90 Å². The molecule has 0 aliphatic carbocycles. The minimum atomic E-state index is -3.89. The first-order valence-corrected chi connectivity index (χ1v) is 5.81. The van der Waals surface area contributed by atoms with Crippen LogP contribution in [0.2, 0.25) is 0 Å². The zero-order valence-electron chi connectivity index (χ0n) is 7.97. The lowest BCUT2D eigenvalue weighted by molar-refractivity contribution is 0.439. The van der Waals surface area contributed by atoms with Crippen LogP contribution in [0.4, 0.5) is 0 Å². The molecule has 0 atom stereocenters. The van der Waals surface area contributed by atoms with Crippen molar-refractivity contribution in [2.24, 2.45) is 0 Å². The average molecular weight is 240 g/mol. The zero-order chi connectivity index (χ0) is 11.8. The fourth-order valence-electron chi connectivity index (χ4n) is 1.27. The Morgan fingerprint density at radius 1 is 1.06 bits per heavy atom. The average Bonchev–Trinajstić information content (AvgIpc) is 2.60. The molecule has 84 valence electrons. The summed E-state index contributed by atoms with van der Waals surface area (Å²) in [6, 6.07) is 7.52. The molecule has 1 aromatic heterocycles. The highest BCUT2D eigenvalue weighted by atomic mass is 32.2. The third kappa shape index (κ3) is 1.61. The van der Waals surface area contributed by atoms with E-state index in [0.29, 0.717) is 0 Å². The molecule has 0 unspecified atom stereocenters. The number of rotatable bonds is 2. The van der Waals surface area contributed by atoms with Crippen molar-refractivity contribution in [3.63, 3.8) is 0 Å². The van der Waals surface area contributed by atoms with Gasteiger partial charge in [-0.05, 0) is 12.1 Å². The summed E-state index contributed by atoms with van der Waals surface area (Å²) in [7, 11) is -3.89. The van der Waals surface area contributed by atoms with E-state index in [0.717, 1.165) is 0 Å². The number of aromatic amines is 2. The van der Waals surface area contributed by atoms with Crippen LogP contribution in [-0.4, -0.2) is 23.5 Å². The van der Waals surface area contributed by atoms with Crippen LogP contribution >= 0.6 is 0 Å². The van der Waals surface area contributed by atoms with Crippen molar-refractivity contribution in [2.75, 3.05) is 0 Å². The molecule has 0 aliphatic rings. The SMILES string of the molecule is O=c1[nH]c(O)c(S(=O)(=O)c2ccccc2)[nH]1. The van der Waals surface area contributed by atoms with Crippen LogP contribution in [0.3, 0.4) is 0 Å². The molecule has 0 radical (unpaired) electrons. The molecule has 7 heteroatoms. The van der Waals surface area contributed by atoms with Gasteiger partial charge in [0.25, 0.3) is 0 Å². The highest BCUT2D eigenvalue weighted by Gasteiger charge is 2.23. The van der Waals surface area contributed by atoms with Gasteiger partial charge in [-0.25, -0.2) is 13.2 Å². The molecule has 0 saturated carbocycles. The van der Waals surface area contributed by atoms with Gasteiger partial charge in [-0.3, -0.25) is 9.97 Å². The second kappa shape index (κ2) is 3.53. The molecule has 0 bridgehead atoms. The maximum absolute atomic E-state index is 11.9. The van der Waals surface area contributed by atoms with Crippen LogP contribution in [0.25, 0.3) is 0 Å². The van der Waals surface area contributed by atoms with Crippen molar-refractivity contribution in [1.82, 2.24) is 9.97 Å². The molecule has 6 nitrogen and oxygen atoms in total. The van der Waals surface area contributed by atoms with E-state index in [1.54, 1.807) is 18.2 Å².